The van der Waals surface area contributed by atoms with Crippen molar-refractivity contribution in [3.05, 3.63) is 105 Å². The van der Waals surface area contributed by atoms with E-state index in [1.54, 1.807) is 30.3 Å². The number of hydrogen-bond donors (Lipinski definition) is 1. The Morgan fingerprint density at radius 3 is 2.26 bits per heavy atom. The second-order valence-electron chi connectivity index (χ2n) is 7.52. The zero-order valence-corrected chi connectivity index (χ0v) is 17.7. The van der Waals surface area contributed by atoms with Gasteiger partial charge in [-0.15, -0.1) is 0 Å². The summed E-state index contributed by atoms with van der Waals surface area (Å²) < 4.78 is 13.6. The Morgan fingerprint density at radius 2 is 1.61 bits per heavy atom. The molecule has 1 fully saturated rings. The molecule has 0 spiro atoms. The number of Topliss-reactive ketones (excluding diaryl/α,β-unsaturated/α-hetero) is 1. The van der Waals surface area contributed by atoms with Gasteiger partial charge in [-0.1, -0.05) is 41.4 Å². The highest BCUT2D eigenvalue weighted by atomic mass is 35.5. The van der Waals surface area contributed by atoms with Crippen LogP contribution in [0.15, 0.2) is 72.3 Å². The molecule has 0 saturated carbocycles. The molecule has 1 aliphatic rings. The summed E-state index contributed by atoms with van der Waals surface area (Å²) in [5.41, 5.74) is 3.04. The maximum atomic E-state index is 13.6. The van der Waals surface area contributed by atoms with Crippen LogP contribution in [0.5, 0.6) is 0 Å². The number of aryl methyl sites for hydroxylation is 2. The van der Waals surface area contributed by atoms with Gasteiger partial charge in [-0.05, 0) is 67.4 Å². The molecule has 1 amide bonds. The monoisotopic (exact) mass is 435 g/mol. The molecule has 4 nitrogen and oxygen atoms in total. The maximum Gasteiger partial charge on any atom is 0.300 e. The summed E-state index contributed by atoms with van der Waals surface area (Å²) in [5, 5.41) is 11.7. The quantitative estimate of drug-likeness (QED) is 0.325. The lowest BCUT2D eigenvalue weighted by molar-refractivity contribution is -0.132. The van der Waals surface area contributed by atoms with Crippen molar-refractivity contribution in [1.82, 2.24) is 0 Å². The molecule has 1 atom stereocenters. The van der Waals surface area contributed by atoms with Crippen LogP contribution in [0, 0.1) is 19.7 Å². The molecule has 0 bridgehead atoms. The fraction of sp³-hybridized carbons (Fsp3) is 0.120. The van der Waals surface area contributed by atoms with Gasteiger partial charge in [0.1, 0.15) is 11.6 Å². The molecule has 1 N–H and O–H groups in total. The van der Waals surface area contributed by atoms with E-state index in [2.05, 4.69) is 0 Å². The van der Waals surface area contributed by atoms with Crippen LogP contribution < -0.4 is 4.90 Å². The van der Waals surface area contributed by atoms with Gasteiger partial charge in [0, 0.05) is 16.3 Å². The number of hydrogen-bond acceptors (Lipinski definition) is 3. The SMILES string of the molecule is Cc1ccc(C)c(/C(O)=C2\C(=O)C(=O)N(c3ccc(Cl)cc3)C2c2ccc(F)cc2)c1. The summed E-state index contributed by atoms with van der Waals surface area (Å²) in [6, 6.07) is 16.6. The van der Waals surface area contributed by atoms with Crippen molar-refractivity contribution in [2.45, 2.75) is 19.9 Å². The molecule has 1 unspecified atom stereocenters. The van der Waals surface area contributed by atoms with Crippen LogP contribution in [0.25, 0.3) is 5.76 Å². The van der Waals surface area contributed by atoms with Crippen molar-refractivity contribution >= 4 is 34.7 Å². The van der Waals surface area contributed by atoms with Crippen LogP contribution >= 0.6 is 11.6 Å². The number of amides is 1. The number of ketones is 1. The first-order valence-electron chi connectivity index (χ1n) is 9.67. The molecular formula is C25H19ClFNO3. The number of carbonyl (C=O) groups is 2. The van der Waals surface area contributed by atoms with E-state index in [-0.39, 0.29) is 11.3 Å². The van der Waals surface area contributed by atoms with Gasteiger partial charge >= 0.3 is 0 Å². The lowest BCUT2D eigenvalue weighted by Gasteiger charge is -2.25. The molecule has 0 aliphatic carbocycles. The van der Waals surface area contributed by atoms with Crippen molar-refractivity contribution in [2.24, 2.45) is 0 Å². The summed E-state index contributed by atoms with van der Waals surface area (Å²) in [6.07, 6.45) is 0. The van der Waals surface area contributed by atoms with Crippen molar-refractivity contribution in [1.29, 1.82) is 0 Å². The van der Waals surface area contributed by atoms with Gasteiger partial charge in [-0.3, -0.25) is 14.5 Å². The van der Waals surface area contributed by atoms with Crippen LogP contribution in [0.3, 0.4) is 0 Å². The second-order valence-corrected chi connectivity index (χ2v) is 7.95. The van der Waals surface area contributed by atoms with E-state index in [0.29, 0.717) is 21.8 Å². The minimum atomic E-state index is -0.915. The molecule has 6 heteroatoms. The number of aliphatic hydroxyl groups is 1. The predicted octanol–water partition coefficient (Wildman–Crippen LogP) is 5.72. The van der Waals surface area contributed by atoms with E-state index in [9.17, 15) is 19.1 Å². The number of anilines is 1. The van der Waals surface area contributed by atoms with Crippen LogP contribution in [-0.4, -0.2) is 16.8 Å². The van der Waals surface area contributed by atoms with Gasteiger partial charge in [0.2, 0.25) is 0 Å². The lowest BCUT2D eigenvalue weighted by Crippen LogP contribution is -2.29. The van der Waals surface area contributed by atoms with Crippen molar-refractivity contribution in [3.63, 3.8) is 0 Å². The van der Waals surface area contributed by atoms with Crippen LogP contribution in [-0.2, 0) is 9.59 Å². The minimum absolute atomic E-state index is 0.0414. The smallest absolute Gasteiger partial charge is 0.300 e. The largest absolute Gasteiger partial charge is 0.507 e. The first kappa shape index (κ1) is 20.8. The number of nitrogens with zero attached hydrogens (tertiary/aromatic N) is 1. The Bertz CT molecular complexity index is 1220. The fourth-order valence-electron chi connectivity index (χ4n) is 3.80. The first-order valence-corrected chi connectivity index (χ1v) is 10.1. The molecule has 4 rings (SSSR count). The Morgan fingerprint density at radius 1 is 0.968 bits per heavy atom. The van der Waals surface area contributed by atoms with E-state index in [1.165, 1.54) is 29.2 Å². The van der Waals surface area contributed by atoms with Gasteiger partial charge in [-0.2, -0.15) is 0 Å². The number of rotatable bonds is 3. The molecule has 1 heterocycles. The molecule has 3 aromatic rings. The lowest BCUT2D eigenvalue weighted by atomic mass is 9.93. The molecule has 3 aromatic carbocycles. The molecule has 0 aromatic heterocycles. The van der Waals surface area contributed by atoms with Crippen LogP contribution in [0.4, 0.5) is 10.1 Å². The third-order valence-corrected chi connectivity index (χ3v) is 5.64. The number of carbonyl (C=O) groups excluding carboxylic acids is 2. The number of benzene rings is 3. The summed E-state index contributed by atoms with van der Waals surface area (Å²) >= 11 is 5.98. The minimum Gasteiger partial charge on any atom is -0.507 e. The fourth-order valence-corrected chi connectivity index (χ4v) is 3.92. The summed E-state index contributed by atoms with van der Waals surface area (Å²) in [7, 11) is 0. The van der Waals surface area contributed by atoms with Gasteiger partial charge in [-0.25, -0.2) is 4.39 Å². The van der Waals surface area contributed by atoms with Crippen molar-refractivity contribution in [3.8, 4) is 0 Å². The third-order valence-electron chi connectivity index (χ3n) is 5.38. The van der Waals surface area contributed by atoms with Crippen molar-refractivity contribution < 1.29 is 19.1 Å². The zero-order valence-electron chi connectivity index (χ0n) is 16.9. The normalized spacial score (nSPS) is 17.9. The average Bonchev–Trinajstić information content (AvgIpc) is 3.01. The Kier molecular flexibility index (Phi) is 5.38. The van der Waals surface area contributed by atoms with Gasteiger partial charge in [0.25, 0.3) is 11.7 Å². The molecule has 0 radical (unpaired) electrons. The summed E-state index contributed by atoms with van der Waals surface area (Å²) in [4.78, 5) is 27.5. The Hall–Kier alpha value is -3.44. The number of aliphatic hydroxyl groups excluding tert-OH is 1. The van der Waals surface area contributed by atoms with Crippen molar-refractivity contribution in [2.75, 3.05) is 4.90 Å². The van der Waals surface area contributed by atoms with Crippen LogP contribution in [0.1, 0.15) is 28.3 Å². The summed E-state index contributed by atoms with van der Waals surface area (Å²) in [5.74, 6) is -2.28. The summed E-state index contributed by atoms with van der Waals surface area (Å²) in [6.45, 7) is 3.69. The van der Waals surface area contributed by atoms with Gasteiger partial charge in [0.15, 0.2) is 0 Å². The zero-order chi connectivity index (χ0) is 22.3. The molecule has 1 saturated heterocycles. The average molecular weight is 436 g/mol. The first-order chi connectivity index (χ1) is 14.8. The highest BCUT2D eigenvalue weighted by molar-refractivity contribution is 6.51. The highest BCUT2D eigenvalue weighted by Gasteiger charge is 2.47. The van der Waals surface area contributed by atoms with E-state index in [4.69, 9.17) is 11.6 Å². The Balaban J connectivity index is 1.97. The highest BCUT2D eigenvalue weighted by Crippen LogP contribution is 2.42. The maximum absolute atomic E-state index is 13.6. The van der Waals surface area contributed by atoms with E-state index >= 15 is 0 Å². The predicted molar refractivity (Wildman–Crippen MR) is 119 cm³/mol. The third kappa shape index (κ3) is 3.73. The van der Waals surface area contributed by atoms with Gasteiger partial charge in [0.05, 0.1) is 11.6 Å². The topological polar surface area (TPSA) is 57.6 Å². The van der Waals surface area contributed by atoms with Crippen LogP contribution in [0.2, 0.25) is 5.02 Å². The second kappa shape index (κ2) is 8.00. The standard InChI is InChI=1S/C25H19ClFNO3/c1-14-3-4-15(2)20(13-14)23(29)21-22(16-5-9-18(27)10-6-16)28(25(31)24(21)30)19-11-7-17(26)8-12-19/h3-13,22,29H,1-2H3/b23-21+. The molecule has 1 aliphatic heterocycles. The Labute approximate surface area is 184 Å². The van der Waals surface area contributed by atoms with E-state index in [0.717, 1.165) is 11.1 Å². The molecular weight excluding hydrogens is 417 g/mol. The van der Waals surface area contributed by atoms with E-state index in [1.807, 2.05) is 26.0 Å². The molecule has 156 valence electrons. The van der Waals surface area contributed by atoms with Gasteiger partial charge < -0.3 is 5.11 Å². The number of halogens is 2. The van der Waals surface area contributed by atoms with E-state index < -0.39 is 23.5 Å². The molecule has 31 heavy (non-hydrogen) atoms.